The van der Waals surface area contributed by atoms with E-state index in [0.29, 0.717) is 18.9 Å². The smallest absolute Gasteiger partial charge is 0.261 e. The van der Waals surface area contributed by atoms with Crippen LogP contribution in [0.5, 0.6) is 5.75 Å². The van der Waals surface area contributed by atoms with Crippen LogP contribution < -0.4 is 10.1 Å². The largest absolute Gasteiger partial charge is 0.480 e. The molecule has 0 radical (unpaired) electrons. The molecule has 0 saturated heterocycles. The van der Waals surface area contributed by atoms with E-state index in [2.05, 4.69) is 21.2 Å². The van der Waals surface area contributed by atoms with Crippen molar-refractivity contribution in [3.05, 3.63) is 28.7 Å². The lowest BCUT2D eigenvalue weighted by atomic mass is 10.1. The van der Waals surface area contributed by atoms with Gasteiger partial charge in [0.15, 0.2) is 6.10 Å². The Morgan fingerprint density at radius 1 is 1.32 bits per heavy atom. The molecule has 5 heteroatoms. The van der Waals surface area contributed by atoms with Gasteiger partial charge in [-0.25, -0.2) is 0 Å². The van der Waals surface area contributed by atoms with Gasteiger partial charge in [0.25, 0.3) is 5.91 Å². The van der Waals surface area contributed by atoms with Gasteiger partial charge >= 0.3 is 0 Å². The number of carbonyl (C=O) groups is 1. The number of rotatable bonds is 9. The third kappa shape index (κ3) is 5.97. The topological polar surface area (TPSA) is 47.6 Å². The van der Waals surface area contributed by atoms with Crippen molar-refractivity contribution in [2.24, 2.45) is 11.8 Å². The predicted molar refractivity (Wildman–Crippen MR) is 89.9 cm³/mol. The van der Waals surface area contributed by atoms with Crippen LogP contribution in [0, 0.1) is 11.8 Å². The van der Waals surface area contributed by atoms with E-state index in [1.54, 1.807) is 0 Å². The number of benzene rings is 1. The van der Waals surface area contributed by atoms with Crippen molar-refractivity contribution in [3.8, 4) is 5.75 Å². The molecule has 0 aromatic heterocycles. The molecule has 1 aromatic carbocycles. The van der Waals surface area contributed by atoms with Crippen molar-refractivity contribution in [2.75, 3.05) is 19.8 Å². The van der Waals surface area contributed by atoms with Gasteiger partial charge in [0.1, 0.15) is 5.75 Å². The van der Waals surface area contributed by atoms with Gasteiger partial charge in [0.2, 0.25) is 0 Å². The van der Waals surface area contributed by atoms with Crippen LogP contribution in [0.4, 0.5) is 0 Å². The molecule has 1 saturated carbocycles. The summed E-state index contributed by atoms with van der Waals surface area (Å²) in [5, 5.41) is 2.89. The summed E-state index contributed by atoms with van der Waals surface area (Å²) in [7, 11) is 0. The molecule has 1 aliphatic carbocycles. The molecule has 1 aromatic rings. The van der Waals surface area contributed by atoms with Gasteiger partial charge in [-0.3, -0.25) is 4.79 Å². The molecule has 0 aliphatic heterocycles. The fourth-order valence-electron chi connectivity index (χ4n) is 2.03. The maximum absolute atomic E-state index is 12.3. The lowest BCUT2D eigenvalue weighted by molar-refractivity contribution is -0.130. The molecule has 4 nitrogen and oxygen atoms in total. The van der Waals surface area contributed by atoms with Gasteiger partial charge in [-0.1, -0.05) is 29.8 Å². The van der Waals surface area contributed by atoms with Crippen LogP contribution in [0.15, 0.2) is 28.7 Å². The van der Waals surface area contributed by atoms with Crippen LogP contribution in [0.1, 0.15) is 26.7 Å². The van der Waals surface area contributed by atoms with Gasteiger partial charge in [-0.05, 0) is 48.9 Å². The van der Waals surface area contributed by atoms with Gasteiger partial charge < -0.3 is 14.8 Å². The molecule has 0 bridgehead atoms. The zero-order valence-corrected chi connectivity index (χ0v) is 14.8. The first-order chi connectivity index (χ1) is 10.6. The SMILES string of the molecule is CC(C)C(Oc1ccc(Br)cc1)C(=O)NCCOCC1CC1. The highest BCUT2D eigenvalue weighted by atomic mass is 79.9. The molecule has 1 unspecified atom stereocenters. The molecule has 1 fully saturated rings. The first kappa shape index (κ1) is 17.3. The summed E-state index contributed by atoms with van der Waals surface area (Å²) < 4.78 is 12.3. The van der Waals surface area contributed by atoms with Gasteiger partial charge in [-0.2, -0.15) is 0 Å². The lowest BCUT2D eigenvalue weighted by Crippen LogP contribution is -2.42. The van der Waals surface area contributed by atoms with Crippen molar-refractivity contribution in [3.63, 3.8) is 0 Å². The molecule has 122 valence electrons. The summed E-state index contributed by atoms with van der Waals surface area (Å²) in [5.41, 5.74) is 0. The Balaban J connectivity index is 1.75. The fraction of sp³-hybridized carbons (Fsp3) is 0.588. The van der Waals surface area contributed by atoms with Crippen molar-refractivity contribution in [2.45, 2.75) is 32.8 Å². The highest BCUT2D eigenvalue weighted by Gasteiger charge is 2.24. The predicted octanol–water partition coefficient (Wildman–Crippen LogP) is 3.40. The van der Waals surface area contributed by atoms with Crippen LogP contribution in [0.3, 0.4) is 0 Å². The van der Waals surface area contributed by atoms with E-state index < -0.39 is 6.10 Å². The lowest BCUT2D eigenvalue weighted by Gasteiger charge is -2.22. The number of hydrogen-bond donors (Lipinski definition) is 1. The van der Waals surface area contributed by atoms with Crippen molar-refractivity contribution >= 4 is 21.8 Å². The molecule has 1 N–H and O–H groups in total. The minimum absolute atomic E-state index is 0.0899. The summed E-state index contributed by atoms with van der Waals surface area (Å²) in [6, 6.07) is 7.50. The molecule has 1 amide bonds. The quantitative estimate of drug-likeness (QED) is 0.678. The van der Waals surface area contributed by atoms with E-state index in [1.807, 2.05) is 38.1 Å². The molecular weight excluding hydrogens is 346 g/mol. The van der Waals surface area contributed by atoms with Crippen LogP contribution >= 0.6 is 15.9 Å². The van der Waals surface area contributed by atoms with Gasteiger partial charge in [-0.15, -0.1) is 0 Å². The van der Waals surface area contributed by atoms with Crippen molar-refractivity contribution in [1.82, 2.24) is 5.32 Å². The number of halogens is 1. The monoisotopic (exact) mass is 369 g/mol. The maximum Gasteiger partial charge on any atom is 0.261 e. The second-order valence-corrected chi connectivity index (χ2v) is 6.96. The van der Waals surface area contributed by atoms with Crippen LogP contribution in [-0.4, -0.2) is 31.8 Å². The maximum atomic E-state index is 12.3. The van der Waals surface area contributed by atoms with Gasteiger partial charge in [0, 0.05) is 17.6 Å². The van der Waals surface area contributed by atoms with E-state index in [9.17, 15) is 4.79 Å². The molecule has 22 heavy (non-hydrogen) atoms. The normalized spacial score (nSPS) is 15.6. The Morgan fingerprint density at radius 2 is 2.00 bits per heavy atom. The Morgan fingerprint density at radius 3 is 2.59 bits per heavy atom. The molecule has 2 rings (SSSR count). The third-order valence-electron chi connectivity index (χ3n) is 3.54. The third-order valence-corrected chi connectivity index (χ3v) is 4.07. The van der Waals surface area contributed by atoms with Crippen molar-refractivity contribution < 1.29 is 14.3 Å². The second kappa shape index (κ2) is 8.53. The minimum Gasteiger partial charge on any atom is -0.480 e. The van der Waals surface area contributed by atoms with E-state index in [0.717, 1.165) is 17.0 Å². The molecule has 0 spiro atoms. The standard InChI is InChI=1S/C17H24BrNO3/c1-12(2)16(22-15-7-5-14(18)6-8-15)17(20)19-9-10-21-11-13-3-4-13/h5-8,12-13,16H,3-4,9-11H2,1-2H3,(H,19,20). The number of hydrogen-bond acceptors (Lipinski definition) is 3. The van der Waals surface area contributed by atoms with Crippen LogP contribution in [0.25, 0.3) is 0 Å². The summed E-state index contributed by atoms with van der Waals surface area (Å²) in [5.74, 6) is 1.45. The zero-order chi connectivity index (χ0) is 15.9. The Hall–Kier alpha value is -1.07. The highest BCUT2D eigenvalue weighted by Crippen LogP contribution is 2.28. The van der Waals surface area contributed by atoms with E-state index in [4.69, 9.17) is 9.47 Å². The molecule has 1 aliphatic rings. The first-order valence-corrected chi connectivity index (χ1v) is 8.63. The van der Waals surface area contributed by atoms with Crippen molar-refractivity contribution in [1.29, 1.82) is 0 Å². The Kier molecular flexibility index (Phi) is 6.70. The van der Waals surface area contributed by atoms with E-state index in [1.165, 1.54) is 12.8 Å². The summed E-state index contributed by atoms with van der Waals surface area (Å²) in [4.78, 5) is 12.3. The minimum atomic E-state index is -0.496. The summed E-state index contributed by atoms with van der Waals surface area (Å²) >= 11 is 3.38. The fourth-order valence-corrected chi connectivity index (χ4v) is 2.30. The molecular formula is C17H24BrNO3. The number of nitrogens with one attached hydrogen (secondary N) is 1. The Bertz CT molecular complexity index is 471. The van der Waals surface area contributed by atoms with E-state index >= 15 is 0 Å². The zero-order valence-electron chi connectivity index (χ0n) is 13.2. The first-order valence-electron chi connectivity index (χ1n) is 7.84. The number of carbonyl (C=O) groups excluding carboxylic acids is 1. The summed E-state index contributed by atoms with van der Waals surface area (Å²) in [6.07, 6.45) is 2.07. The molecule has 0 heterocycles. The Labute approximate surface area is 140 Å². The second-order valence-electron chi connectivity index (χ2n) is 6.05. The highest BCUT2D eigenvalue weighted by molar-refractivity contribution is 9.10. The van der Waals surface area contributed by atoms with Crippen LogP contribution in [0.2, 0.25) is 0 Å². The van der Waals surface area contributed by atoms with Gasteiger partial charge in [0.05, 0.1) is 6.61 Å². The average molecular weight is 370 g/mol. The average Bonchev–Trinajstić information content (AvgIpc) is 3.30. The number of amides is 1. The molecule has 1 atom stereocenters. The van der Waals surface area contributed by atoms with Crippen LogP contribution in [-0.2, 0) is 9.53 Å². The van der Waals surface area contributed by atoms with E-state index in [-0.39, 0.29) is 11.8 Å². The summed E-state index contributed by atoms with van der Waals surface area (Å²) in [6.45, 7) is 5.86. The number of ether oxygens (including phenoxy) is 2.